The molecule has 2 fully saturated rings. The smallest absolute Gasteiger partial charge is 0.398 e. The molecule has 1 aliphatic carbocycles. The van der Waals surface area contributed by atoms with E-state index in [0.29, 0.717) is 12.8 Å². The third-order valence-corrected chi connectivity index (χ3v) is 6.03. The molecule has 0 radical (unpaired) electrons. The summed E-state index contributed by atoms with van der Waals surface area (Å²) >= 11 is 0. The fraction of sp³-hybridized carbons (Fsp3) is 0.846. The minimum Gasteiger partial charge on any atom is -0.398 e. The minimum absolute atomic E-state index is 0.210. The molecule has 0 aromatic heterocycles. The van der Waals surface area contributed by atoms with Crippen LogP contribution in [0, 0.1) is 0 Å². The van der Waals surface area contributed by atoms with E-state index in [-0.39, 0.29) is 5.57 Å². The van der Waals surface area contributed by atoms with E-state index in [9.17, 15) is 12.8 Å². The standard InChI is InChI=1S/C13H23BFNO4S/c1-12(2)13(3,4)20-14(19-12)11(15)9-7-5-6-8-10(9)21(16,17)18/h10H,5-8H2,1-4H3,(H2,16,17,18). The van der Waals surface area contributed by atoms with E-state index in [1.54, 1.807) is 0 Å². The van der Waals surface area contributed by atoms with Crippen molar-refractivity contribution in [1.82, 2.24) is 0 Å². The Hall–Kier alpha value is -0.435. The Balaban J connectivity index is 2.34. The van der Waals surface area contributed by atoms with Gasteiger partial charge in [-0.15, -0.1) is 0 Å². The van der Waals surface area contributed by atoms with Crippen molar-refractivity contribution < 1.29 is 22.1 Å². The molecule has 0 aromatic carbocycles. The van der Waals surface area contributed by atoms with E-state index >= 15 is 0 Å². The Labute approximate surface area is 126 Å². The summed E-state index contributed by atoms with van der Waals surface area (Å²) in [5, 5.41) is 4.27. The SMILES string of the molecule is CC1(C)OB(C(F)=C2CCCCC2S(N)(=O)=O)OC1(C)C. The summed E-state index contributed by atoms with van der Waals surface area (Å²) in [5.41, 5.74) is -1.75. The molecule has 1 saturated carbocycles. The lowest BCUT2D eigenvalue weighted by molar-refractivity contribution is 0.00578. The zero-order valence-electron chi connectivity index (χ0n) is 13.0. The number of hydrogen-bond acceptors (Lipinski definition) is 4. The average Bonchev–Trinajstić information content (AvgIpc) is 2.56. The highest BCUT2D eigenvalue weighted by Gasteiger charge is 2.54. The Morgan fingerprint density at radius 1 is 1.24 bits per heavy atom. The molecule has 2 aliphatic rings. The van der Waals surface area contributed by atoms with E-state index in [4.69, 9.17) is 14.4 Å². The molecule has 5 nitrogen and oxygen atoms in total. The highest BCUT2D eigenvalue weighted by atomic mass is 32.2. The highest BCUT2D eigenvalue weighted by Crippen LogP contribution is 2.41. The van der Waals surface area contributed by atoms with Gasteiger partial charge < -0.3 is 9.31 Å². The van der Waals surface area contributed by atoms with Gasteiger partial charge in [0, 0.05) is 0 Å². The Kier molecular flexibility index (Phi) is 4.30. The van der Waals surface area contributed by atoms with Gasteiger partial charge in [0.2, 0.25) is 10.0 Å². The molecule has 0 aromatic rings. The molecular formula is C13H23BFNO4S. The van der Waals surface area contributed by atoms with Crippen molar-refractivity contribution in [3.63, 3.8) is 0 Å². The van der Waals surface area contributed by atoms with Crippen LogP contribution in [0.4, 0.5) is 4.39 Å². The molecule has 21 heavy (non-hydrogen) atoms. The first kappa shape index (κ1) is 16.9. The van der Waals surface area contributed by atoms with Gasteiger partial charge in [-0.1, -0.05) is 6.42 Å². The van der Waals surface area contributed by atoms with Gasteiger partial charge in [-0.3, -0.25) is 0 Å². The second-order valence-corrected chi connectivity index (χ2v) is 8.53. The van der Waals surface area contributed by atoms with E-state index in [2.05, 4.69) is 0 Å². The van der Waals surface area contributed by atoms with Crippen molar-refractivity contribution in [3.8, 4) is 0 Å². The molecule has 120 valence electrons. The van der Waals surface area contributed by atoms with Gasteiger partial charge in [0.05, 0.1) is 16.5 Å². The fourth-order valence-electron chi connectivity index (χ4n) is 2.71. The summed E-state index contributed by atoms with van der Waals surface area (Å²) in [7, 11) is -4.98. The predicted molar refractivity (Wildman–Crippen MR) is 79.6 cm³/mol. The summed E-state index contributed by atoms with van der Waals surface area (Å²) in [6.07, 6.45) is 2.19. The van der Waals surface area contributed by atoms with E-state index < -0.39 is 39.3 Å². The normalized spacial score (nSPS) is 31.3. The monoisotopic (exact) mass is 319 g/mol. The molecule has 0 amide bonds. The number of sulfonamides is 1. The van der Waals surface area contributed by atoms with Crippen molar-refractivity contribution >= 4 is 17.1 Å². The molecular weight excluding hydrogens is 296 g/mol. The molecule has 1 saturated heterocycles. The quantitative estimate of drug-likeness (QED) is 0.790. The minimum atomic E-state index is -3.82. The summed E-state index contributed by atoms with van der Waals surface area (Å²) < 4.78 is 49.4. The number of rotatable bonds is 2. The van der Waals surface area contributed by atoms with Crippen LogP contribution in [0.25, 0.3) is 0 Å². The zero-order valence-corrected chi connectivity index (χ0v) is 13.8. The third kappa shape index (κ3) is 3.18. The van der Waals surface area contributed by atoms with Crippen LogP contribution in [0.2, 0.25) is 0 Å². The van der Waals surface area contributed by atoms with Gasteiger partial charge in [-0.25, -0.2) is 17.9 Å². The zero-order chi connectivity index (χ0) is 16.1. The summed E-state index contributed by atoms with van der Waals surface area (Å²) in [4.78, 5) is 0. The van der Waals surface area contributed by atoms with Crippen molar-refractivity contribution in [2.45, 2.75) is 69.8 Å². The predicted octanol–water partition coefficient (Wildman–Crippen LogP) is 2.07. The van der Waals surface area contributed by atoms with Gasteiger partial charge in [0.15, 0.2) is 0 Å². The molecule has 1 heterocycles. The van der Waals surface area contributed by atoms with Crippen LogP contribution in [-0.4, -0.2) is 32.0 Å². The number of hydrogen-bond donors (Lipinski definition) is 1. The second-order valence-electron chi connectivity index (χ2n) is 6.78. The molecule has 2 N–H and O–H groups in total. The lowest BCUT2D eigenvalue weighted by atomic mass is 9.80. The van der Waals surface area contributed by atoms with Crippen LogP contribution in [0.15, 0.2) is 11.3 Å². The largest absolute Gasteiger partial charge is 0.525 e. The number of nitrogens with two attached hydrogens (primary N) is 1. The van der Waals surface area contributed by atoms with Crippen LogP contribution in [0.3, 0.4) is 0 Å². The molecule has 1 unspecified atom stereocenters. The highest BCUT2D eigenvalue weighted by molar-refractivity contribution is 7.90. The first-order valence-electron chi connectivity index (χ1n) is 7.21. The maximum Gasteiger partial charge on any atom is 0.525 e. The second kappa shape index (κ2) is 5.33. The summed E-state index contributed by atoms with van der Waals surface area (Å²) in [6, 6.07) is 0. The van der Waals surface area contributed by atoms with Crippen LogP contribution >= 0.6 is 0 Å². The fourth-order valence-corrected chi connectivity index (χ4v) is 3.84. The van der Waals surface area contributed by atoms with Crippen LogP contribution < -0.4 is 5.14 Å². The van der Waals surface area contributed by atoms with Crippen molar-refractivity contribution in [3.05, 3.63) is 11.3 Å². The first-order chi connectivity index (χ1) is 9.46. The van der Waals surface area contributed by atoms with Gasteiger partial charge in [-0.05, 0) is 52.5 Å². The molecule has 8 heteroatoms. The maximum atomic E-state index is 14.8. The summed E-state index contributed by atoms with van der Waals surface area (Å²) in [6.45, 7) is 7.29. The van der Waals surface area contributed by atoms with Gasteiger partial charge in [0.25, 0.3) is 0 Å². The van der Waals surface area contributed by atoms with Crippen LogP contribution in [0.1, 0.15) is 53.4 Å². The third-order valence-electron chi connectivity index (χ3n) is 4.71. The average molecular weight is 319 g/mol. The van der Waals surface area contributed by atoms with Gasteiger partial charge >= 0.3 is 7.12 Å². The number of primary sulfonamides is 1. The Morgan fingerprint density at radius 2 is 1.76 bits per heavy atom. The van der Waals surface area contributed by atoms with E-state index in [0.717, 1.165) is 12.8 Å². The Bertz CT molecular complexity index is 543. The Morgan fingerprint density at radius 3 is 2.24 bits per heavy atom. The van der Waals surface area contributed by atoms with Crippen molar-refractivity contribution in [2.24, 2.45) is 5.14 Å². The lowest BCUT2D eigenvalue weighted by Gasteiger charge is -2.32. The van der Waals surface area contributed by atoms with Crippen LogP contribution in [-0.2, 0) is 19.3 Å². The first-order valence-corrected chi connectivity index (χ1v) is 8.82. The molecule has 1 atom stereocenters. The lowest BCUT2D eigenvalue weighted by Crippen LogP contribution is -2.41. The van der Waals surface area contributed by atoms with Crippen molar-refractivity contribution in [2.75, 3.05) is 0 Å². The van der Waals surface area contributed by atoms with Crippen molar-refractivity contribution in [1.29, 1.82) is 0 Å². The van der Waals surface area contributed by atoms with Crippen LogP contribution in [0.5, 0.6) is 0 Å². The van der Waals surface area contributed by atoms with Gasteiger partial charge in [-0.2, -0.15) is 0 Å². The maximum absolute atomic E-state index is 14.8. The molecule has 2 rings (SSSR count). The summed E-state index contributed by atoms with van der Waals surface area (Å²) in [5.74, 6) is 0. The topological polar surface area (TPSA) is 78.6 Å². The molecule has 0 bridgehead atoms. The molecule has 0 spiro atoms. The van der Waals surface area contributed by atoms with E-state index in [1.165, 1.54) is 0 Å². The molecule has 1 aliphatic heterocycles. The number of halogens is 1. The van der Waals surface area contributed by atoms with E-state index in [1.807, 2.05) is 27.7 Å². The van der Waals surface area contributed by atoms with Gasteiger partial charge in [0.1, 0.15) is 5.73 Å².